The van der Waals surface area contributed by atoms with E-state index in [4.69, 9.17) is 14.2 Å². The second-order valence-corrected chi connectivity index (χ2v) is 9.16. The van der Waals surface area contributed by atoms with Crippen LogP contribution in [0.2, 0.25) is 0 Å². The summed E-state index contributed by atoms with van der Waals surface area (Å²) < 4.78 is 16.9. The highest BCUT2D eigenvalue weighted by Gasteiger charge is 2.18. The number of carbonyl (C=O) groups is 3. The van der Waals surface area contributed by atoms with Crippen LogP contribution < -0.4 is 17.1 Å². The van der Waals surface area contributed by atoms with E-state index in [1.165, 1.54) is 20.8 Å². The number of ether oxygens (including phenoxy) is 3. The summed E-state index contributed by atoms with van der Waals surface area (Å²) in [5.41, 5.74) is -2.94. The number of hydrogen-bond donors (Lipinski definition) is 3. The van der Waals surface area contributed by atoms with Crippen molar-refractivity contribution in [3.05, 3.63) is 31.5 Å². The van der Waals surface area contributed by atoms with Crippen LogP contribution in [0.15, 0.2) is 14.4 Å². The molecule has 0 bridgehead atoms. The number of hydrogen-bond acceptors (Lipinski definition) is 12. The molecule has 1 rings (SSSR count). The third-order valence-electron chi connectivity index (χ3n) is 4.09. The first-order chi connectivity index (χ1) is 15.4. The summed E-state index contributed by atoms with van der Waals surface area (Å²) in [6.45, 7) is 2.47. The summed E-state index contributed by atoms with van der Waals surface area (Å²) >= 11 is 11.8. The van der Waals surface area contributed by atoms with Crippen molar-refractivity contribution in [3.8, 4) is 0 Å². The van der Waals surface area contributed by atoms with Gasteiger partial charge in [-0.05, 0) is 20.8 Å². The molecule has 1 aromatic rings. The van der Waals surface area contributed by atoms with E-state index < -0.39 is 50.7 Å². The lowest BCUT2D eigenvalue weighted by atomic mass is 10.5. The molecule has 0 saturated carbocycles. The minimum Gasteiger partial charge on any atom is -0.463 e. The fourth-order valence-electron chi connectivity index (χ4n) is 2.33. The van der Waals surface area contributed by atoms with E-state index in [1.54, 1.807) is 0 Å². The van der Waals surface area contributed by atoms with Gasteiger partial charge in [0, 0.05) is 0 Å². The monoisotopic (exact) mass is 525 g/mol. The number of rotatable bonds is 12. The Morgan fingerprint density at radius 2 is 0.818 bits per heavy atom. The smallest absolute Gasteiger partial charge is 0.336 e. The van der Waals surface area contributed by atoms with E-state index >= 15 is 0 Å². The summed E-state index contributed by atoms with van der Waals surface area (Å²) in [5, 5.41) is -2.12. The Morgan fingerprint density at radius 1 is 0.606 bits per heavy atom. The van der Waals surface area contributed by atoms with Gasteiger partial charge in [-0.25, -0.2) is 28.1 Å². The lowest BCUT2D eigenvalue weighted by Gasteiger charge is -2.15. The summed E-state index contributed by atoms with van der Waals surface area (Å²) in [4.78, 5) is 73.0. The first kappa shape index (κ1) is 28.9. The van der Waals surface area contributed by atoms with Gasteiger partial charge >= 0.3 is 35.0 Å². The second-order valence-electron chi connectivity index (χ2n) is 6.83. The van der Waals surface area contributed by atoms with Crippen LogP contribution in [0, 0.1) is 0 Å². The highest BCUT2D eigenvalue weighted by atomic mass is 32.1. The zero-order valence-corrected chi connectivity index (χ0v) is 21.0. The van der Waals surface area contributed by atoms with Crippen molar-refractivity contribution in [2.45, 2.75) is 56.2 Å². The summed E-state index contributed by atoms with van der Waals surface area (Å²) in [5.74, 6) is -1.96. The van der Waals surface area contributed by atoms with Gasteiger partial charge in [-0.15, -0.1) is 0 Å². The SMILES string of the molecule is CC(S)C(=O)OCCn1c(=O)n(CCOC(=O)C(C)S)c(=O)n(CCOC(=O)C(C)S)c1=O. The van der Waals surface area contributed by atoms with Crippen molar-refractivity contribution in [1.82, 2.24) is 13.7 Å². The Morgan fingerprint density at radius 3 is 1.00 bits per heavy atom. The quantitative estimate of drug-likeness (QED) is 0.173. The third kappa shape index (κ3) is 8.62. The molecule has 0 amide bonds. The van der Waals surface area contributed by atoms with E-state index in [0.29, 0.717) is 13.7 Å². The predicted molar refractivity (Wildman–Crippen MR) is 127 cm³/mol. The zero-order valence-electron chi connectivity index (χ0n) is 18.3. The molecule has 0 spiro atoms. The molecule has 12 nitrogen and oxygen atoms in total. The predicted octanol–water partition coefficient (Wildman–Crippen LogP) is -1.24. The van der Waals surface area contributed by atoms with Gasteiger partial charge < -0.3 is 14.2 Å². The topological polar surface area (TPSA) is 145 Å². The van der Waals surface area contributed by atoms with Crippen molar-refractivity contribution >= 4 is 55.8 Å². The first-order valence-corrected chi connectivity index (χ1v) is 11.4. The standard InChI is InChI=1S/C18H27N3O9S3/c1-10(31)13(22)28-7-4-19-16(25)20(5-8-29-14(23)11(2)32)18(27)21(17(19)26)6-9-30-15(24)12(3)33/h10-12,31-33H,4-9H2,1-3H3. The van der Waals surface area contributed by atoms with Gasteiger partial charge in [0.25, 0.3) is 0 Å². The van der Waals surface area contributed by atoms with Gasteiger partial charge in [-0.1, -0.05) is 0 Å². The Labute approximate surface area is 205 Å². The van der Waals surface area contributed by atoms with E-state index in [2.05, 4.69) is 37.9 Å². The molecule has 0 saturated heterocycles. The van der Waals surface area contributed by atoms with Gasteiger partial charge in [0.15, 0.2) is 0 Å². The number of nitrogens with zero attached hydrogens (tertiary/aromatic N) is 3. The Bertz CT molecular complexity index is 869. The number of esters is 3. The molecular formula is C18H27N3O9S3. The molecule has 3 atom stereocenters. The zero-order chi connectivity index (χ0) is 25.3. The fraction of sp³-hybridized carbons (Fsp3) is 0.667. The molecule has 15 heteroatoms. The van der Waals surface area contributed by atoms with Crippen LogP contribution in [-0.2, 0) is 48.2 Å². The maximum atomic E-state index is 12.8. The van der Waals surface area contributed by atoms with Gasteiger partial charge in [-0.2, -0.15) is 37.9 Å². The maximum absolute atomic E-state index is 12.8. The number of aromatic nitrogens is 3. The molecule has 0 N–H and O–H groups in total. The van der Waals surface area contributed by atoms with Crippen LogP contribution in [0.1, 0.15) is 20.8 Å². The fourth-order valence-corrected chi connectivity index (χ4v) is 2.55. The van der Waals surface area contributed by atoms with Gasteiger partial charge in [0.1, 0.15) is 19.8 Å². The van der Waals surface area contributed by atoms with E-state index in [1.807, 2.05) is 0 Å². The molecule has 0 aliphatic carbocycles. The van der Waals surface area contributed by atoms with Gasteiger partial charge in [0.2, 0.25) is 0 Å². The highest BCUT2D eigenvalue weighted by Crippen LogP contribution is 1.98. The Kier molecular flexibility index (Phi) is 11.9. The van der Waals surface area contributed by atoms with Crippen molar-refractivity contribution in [3.63, 3.8) is 0 Å². The Hall–Kier alpha value is -2.13. The van der Waals surface area contributed by atoms with Crippen LogP contribution in [0.25, 0.3) is 0 Å². The minimum absolute atomic E-state index is 0.324. The lowest BCUT2D eigenvalue weighted by Crippen LogP contribution is -2.55. The average molecular weight is 526 g/mol. The van der Waals surface area contributed by atoms with Crippen LogP contribution in [0.5, 0.6) is 0 Å². The summed E-state index contributed by atoms with van der Waals surface area (Å²) in [7, 11) is 0. The number of thiol groups is 3. The number of carbonyl (C=O) groups excluding carboxylic acids is 3. The third-order valence-corrected chi connectivity index (χ3v) is 4.72. The molecule has 33 heavy (non-hydrogen) atoms. The van der Waals surface area contributed by atoms with Crippen LogP contribution in [0.3, 0.4) is 0 Å². The van der Waals surface area contributed by atoms with Crippen LogP contribution >= 0.6 is 37.9 Å². The summed E-state index contributed by atoms with van der Waals surface area (Å²) in [6, 6.07) is 0. The summed E-state index contributed by atoms with van der Waals surface area (Å²) in [6.07, 6.45) is 0. The van der Waals surface area contributed by atoms with Gasteiger partial charge in [0.05, 0.1) is 35.4 Å². The minimum atomic E-state index is -0.979. The molecule has 3 unspecified atom stereocenters. The maximum Gasteiger partial charge on any atom is 0.336 e. The van der Waals surface area contributed by atoms with Crippen molar-refractivity contribution < 1.29 is 28.6 Å². The van der Waals surface area contributed by atoms with E-state index in [0.717, 1.165) is 0 Å². The van der Waals surface area contributed by atoms with Crippen LogP contribution in [0.4, 0.5) is 0 Å². The molecule has 1 heterocycles. The molecule has 1 aromatic heterocycles. The first-order valence-electron chi connectivity index (χ1n) is 9.87. The molecular weight excluding hydrogens is 498 g/mol. The van der Waals surface area contributed by atoms with Gasteiger partial charge in [-0.3, -0.25) is 14.4 Å². The van der Waals surface area contributed by atoms with E-state index in [-0.39, 0.29) is 39.5 Å². The molecule has 186 valence electrons. The second kappa shape index (κ2) is 13.5. The molecule has 0 radical (unpaired) electrons. The normalized spacial score (nSPS) is 13.6. The van der Waals surface area contributed by atoms with Crippen LogP contribution in [-0.4, -0.2) is 67.2 Å². The highest BCUT2D eigenvalue weighted by molar-refractivity contribution is 7.82. The Balaban J connectivity index is 3.21. The van der Waals surface area contributed by atoms with E-state index in [9.17, 15) is 28.8 Å². The molecule has 0 aliphatic heterocycles. The molecule has 0 aromatic carbocycles. The molecule has 0 aliphatic rings. The van der Waals surface area contributed by atoms with Crippen molar-refractivity contribution in [1.29, 1.82) is 0 Å². The largest absolute Gasteiger partial charge is 0.463 e. The van der Waals surface area contributed by atoms with Crippen molar-refractivity contribution in [2.24, 2.45) is 0 Å². The molecule has 0 fully saturated rings. The van der Waals surface area contributed by atoms with Crippen molar-refractivity contribution in [2.75, 3.05) is 19.8 Å². The average Bonchev–Trinajstić information content (AvgIpc) is 2.74. The lowest BCUT2D eigenvalue weighted by molar-refractivity contribution is -0.143.